The summed E-state index contributed by atoms with van der Waals surface area (Å²) in [5.41, 5.74) is 5.15. The van der Waals surface area contributed by atoms with Crippen LogP contribution >= 0.6 is 12.4 Å². The van der Waals surface area contributed by atoms with E-state index in [0.29, 0.717) is 24.7 Å². The van der Waals surface area contributed by atoms with Gasteiger partial charge < -0.3 is 20.5 Å². The monoisotopic (exact) mass is 352 g/mol. The predicted octanol–water partition coefficient (Wildman–Crippen LogP) is 2.62. The van der Waals surface area contributed by atoms with Gasteiger partial charge in [0.25, 0.3) is 11.8 Å². The van der Waals surface area contributed by atoms with Crippen LogP contribution in [0, 0.1) is 0 Å². The van der Waals surface area contributed by atoms with E-state index in [1.807, 2.05) is 6.92 Å². The van der Waals surface area contributed by atoms with Crippen molar-refractivity contribution in [3.8, 4) is 11.5 Å². The number of ether oxygens (including phenoxy) is 2. The first kappa shape index (κ1) is 21.4. The molecule has 0 aliphatic rings. The first-order chi connectivity index (χ1) is 10.4. The smallest absolute Gasteiger partial charge is 0.277 e. The Morgan fingerprint density at radius 3 is 2.52 bits per heavy atom. The Kier molecular flexibility index (Phi) is 9.52. The molecular weight excluding hydrogens is 330 g/mol. The summed E-state index contributed by atoms with van der Waals surface area (Å²) < 4.78 is 37.0. The van der Waals surface area contributed by atoms with E-state index >= 15 is 0 Å². The van der Waals surface area contributed by atoms with Gasteiger partial charge in [-0.3, -0.25) is 4.79 Å². The highest BCUT2D eigenvalue weighted by Crippen LogP contribution is 2.28. The molecule has 0 heterocycles. The molecule has 0 aromatic heterocycles. The van der Waals surface area contributed by atoms with Crippen LogP contribution in [0.15, 0.2) is 18.2 Å². The molecule has 0 spiro atoms. The van der Waals surface area contributed by atoms with Crippen molar-refractivity contribution < 1.29 is 23.0 Å². The van der Waals surface area contributed by atoms with Crippen molar-refractivity contribution in [2.45, 2.75) is 26.2 Å². The Labute approximate surface area is 140 Å². The topological polar surface area (TPSA) is 73.6 Å². The summed E-state index contributed by atoms with van der Waals surface area (Å²) in [5.74, 6) is -2.80. The Balaban J connectivity index is 0.00000484. The van der Waals surface area contributed by atoms with Crippen molar-refractivity contribution in [3.63, 3.8) is 0 Å². The van der Waals surface area contributed by atoms with Gasteiger partial charge in [0.05, 0.1) is 26.3 Å². The fourth-order valence-corrected chi connectivity index (χ4v) is 1.63. The average molecular weight is 353 g/mol. The standard InChI is InChI=1S/C15H22F2N2O3.ClH/c1-3-7-22-12-6-5-11(8-13(12)21-4-2)14(20)19-10-15(16,17)9-18;/h5-6,8H,3-4,7,9-10,18H2,1-2H3,(H,19,20);1H. The molecule has 0 aliphatic carbocycles. The van der Waals surface area contributed by atoms with Gasteiger partial charge in [-0.05, 0) is 31.5 Å². The highest BCUT2D eigenvalue weighted by molar-refractivity contribution is 5.94. The van der Waals surface area contributed by atoms with E-state index in [2.05, 4.69) is 5.32 Å². The normalized spacial score (nSPS) is 10.7. The summed E-state index contributed by atoms with van der Waals surface area (Å²) >= 11 is 0. The van der Waals surface area contributed by atoms with Gasteiger partial charge in [0.15, 0.2) is 11.5 Å². The van der Waals surface area contributed by atoms with Crippen molar-refractivity contribution in [3.05, 3.63) is 23.8 Å². The maximum Gasteiger partial charge on any atom is 0.277 e. The van der Waals surface area contributed by atoms with Gasteiger partial charge in [-0.15, -0.1) is 12.4 Å². The fraction of sp³-hybridized carbons (Fsp3) is 0.533. The highest BCUT2D eigenvalue weighted by atomic mass is 35.5. The maximum absolute atomic E-state index is 13.0. The minimum Gasteiger partial charge on any atom is -0.490 e. The van der Waals surface area contributed by atoms with Crippen molar-refractivity contribution in [1.29, 1.82) is 0 Å². The number of nitrogens with two attached hydrogens (primary N) is 1. The number of carbonyl (C=O) groups is 1. The molecule has 0 atom stereocenters. The van der Waals surface area contributed by atoms with E-state index in [1.165, 1.54) is 12.1 Å². The minimum atomic E-state index is -3.12. The molecule has 0 saturated heterocycles. The highest BCUT2D eigenvalue weighted by Gasteiger charge is 2.27. The zero-order valence-electron chi connectivity index (χ0n) is 13.2. The van der Waals surface area contributed by atoms with Crippen molar-refractivity contribution in [1.82, 2.24) is 5.32 Å². The second kappa shape index (κ2) is 10.2. The lowest BCUT2D eigenvalue weighted by atomic mass is 10.2. The van der Waals surface area contributed by atoms with Crippen LogP contribution in [0.1, 0.15) is 30.6 Å². The average Bonchev–Trinajstić information content (AvgIpc) is 2.51. The molecular formula is C15H23ClF2N2O3. The SMILES string of the molecule is CCCOc1ccc(C(=O)NCC(F)(F)CN)cc1OCC.Cl. The van der Waals surface area contributed by atoms with Gasteiger partial charge in [-0.25, -0.2) is 8.78 Å². The summed E-state index contributed by atoms with van der Waals surface area (Å²) in [5, 5.41) is 2.16. The number of halogens is 3. The molecule has 1 aromatic rings. The van der Waals surface area contributed by atoms with Gasteiger partial charge >= 0.3 is 0 Å². The molecule has 0 bridgehead atoms. The molecule has 0 saturated carbocycles. The van der Waals surface area contributed by atoms with Crippen molar-refractivity contribution in [2.75, 3.05) is 26.3 Å². The van der Waals surface area contributed by atoms with Crippen LogP contribution < -0.4 is 20.5 Å². The number of carbonyl (C=O) groups excluding carboxylic acids is 1. The quantitative estimate of drug-likeness (QED) is 0.716. The van der Waals surface area contributed by atoms with E-state index in [9.17, 15) is 13.6 Å². The molecule has 0 unspecified atom stereocenters. The van der Waals surface area contributed by atoms with Crippen molar-refractivity contribution >= 4 is 18.3 Å². The van der Waals surface area contributed by atoms with Crippen LogP contribution in [-0.2, 0) is 0 Å². The zero-order chi connectivity index (χ0) is 16.6. The van der Waals surface area contributed by atoms with Gasteiger partial charge in [-0.1, -0.05) is 6.92 Å². The van der Waals surface area contributed by atoms with Crippen LogP contribution in [0.25, 0.3) is 0 Å². The molecule has 8 heteroatoms. The number of hydrogen-bond donors (Lipinski definition) is 2. The molecule has 1 rings (SSSR count). The van der Waals surface area contributed by atoms with Crippen molar-refractivity contribution in [2.24, 2.45) is 5.73 Å². The molecule has 0 radical (unpaired) electrons. The molecule has 1 amide bonds. The number of alkyl halides is 2. The number of nitrogens with one attached hydrogen (secondary N) is 1. The summed E-state index contributed by atoms with van der Waals surface area (Å²) in [6.07, 6.45) is 0.835. The molecule has 0 aliphatic heterocycles. The van der Waals surface area contributed by atoms with Crippen LogP contribution in [-0.4, -0.2) is 38.1 Å². The van der Waals surface area contributed by atoms with Crippen LogP contribution in [0.4, 0.5) is 8.78 Å². The van der Waals surface area contributed by atoms with Gasteiger partial charge in [0.2, 0.25) is 0 Å². The third kappa shape index (κ3) is 7.00. The molecule has 1 aromatic carbocycles. The van der Waals surface area contributed by atoms with Gasteiger partial charge in [-0.2, -0.15) is 0 Å². The maximum atomic E-state index is 13.0. The largest absolute Gasteiger partial charge is 0.490 e. The lowest BCUT2D eigenvalue weighted by Crippen LogP contribution is -2.41. The molecule has 5 nitrogen and oxygen atoms in total. The van der Waals surface area contributed by atoms with E-state index in [-0.39, 0.29) is 18.0 Å². The van der Waals surface area contributed by atoms with E-state index in [4.69, 9.17) is 15.2 Å². The number of hydrogen-bond acceptors (Lipinski definition) is 4. The van der Waals surface area contributed by atoms with Crippen LogP contribution in [0.5, 0.6) is 11.5 Å². The molecule has 23 heavy (non-hydrogen) atoms. The first-order valence-corrected chi connectivity index (χ1v) is 7.19. The number of amides is 1. The van der Waals surface area contributed by atoms with Gasteiger partial charge in [0, 0.05) is 5.56 Å². The first-order valence-electron chi connectivity index (χ1n) is 7.19. The van der Waals surface area contributed by atoms with Gasteiger partial charge in [0.1, 0.15) is 0 Å². The second-order valence-electron chi connectivity index (χ2n) is 4.69. The Bertz CT molecular complexity index is 502. The van der Waals surface area contributed by atoms with E-state index in [1.54, 1.807) is 13.0 Å². The summed E-state index contributed by atoms with van der Waals surface area (Å²) in [6.45, 7) is 3.08. The second-order valence-corrected chi connectivity index (χ2v) is 4.69. The summed E-state index contributed by atoms with van der Waals surface area (Å²) in [4.78, 5) is 11.9. The summed E-state index contributed by atoms with van der Waals surface area (Å²) in [7, 11) is 0. The zero-order valence-corrected chi connectivity index (χ0v) is 14.1. The van der Waals surface area contributed by atoms with Crippen LogP contribution in [0.3, 0.4) is 0 Å². The Morgan fingerprint density at radius 2 is 1.96 bits per heavy atom. The third-order valence-electron chi connectivity index (χ3n) is 2.77. The lowest BCUT2D eigenvalue weighted by Gasteiger charge is -2.16. The number of benzene rings is 1. The minimum absolute atomic E-state index is 0. The molecule has 132 valence electrons. The number of rotatable bonds is 9. The third-order valence-corrected chi connectivity index (χ3v) is 2.77. The predicted molar refractivity (Wildman–Crippen MR) is 87.0 cm³/mol. The van der Waals surface area contributed by atoms with Crippen LogP contribution in [0.2, 0.25) is 0 Å². The lowest BCUT2D eigenvalue weighted by molar-refractivity contribution is 0.0118. The molecule has 3 N–H and O–H groups in total. The van der Waals surface area contributed by atoms with E-state index in [0.717, 1.165) is 6.42 Å². The Hall–Kier alpha value is -1.60. The Morgan fingerprint density at radius 1 is 1.26 bits per heavy atom. The summed E-state index contributed by atoms with van der Waals surface area (Å²) in [6, 6.07) is 4.57. The molecule has 0 fully saturated rings. The van der Waals surface area contributed by atoms with E-state index < -0.39 is 24.9 Å². The fourth-order valence-electron chi connectivity index (χ4n) is 1.63.